The van der Waals surface area contributed by atoms with Crippen molar-refractivity contribution in [3.05, 3.63) is 27.7 Å². The molecule has 0 aromatic heterocycles. The first-order valence-electron chi connectivity index (χ1n) is 5.18. The molecule has 2 N–H and O–H groups in total. The van der Waals surface area contributed by atoms with Gasteiger partial charge in [0, 0.05) is 11.0 Å². The average molecular weight is 322 g/mol. The number of hydrogen-bond acceptors (Lipinski definition) is 3. The first kappa shape index (κ1) is 14.6. The molecule has 0 radical (unpaired) electrons. The SMILES string of the molecule is Cc1cc(S(=O)(=O)NC[C@@H](C)O)c(C)cc1Br. The molecule has 0 unspecified atom stereocenters. The van der Waals surface area contributed by atoms with Crippen LogP contribution >= 0.6 is 15.9 Å². The van der Waals surface area contributed by atoms with E-state index in [1.165, 1.54) is 6.92 Å². The summed E-state index contributed by atoms with van der Waals surface area (Å²) >= 11 is 3.35. The van der Waals surface area contributed by atoms with Crippen LogP contribution in [0.4, 0.5) is 0 Å². The normalized spacial score (nSPS) is 13.7. The minimum atomic E-state index is -3.56. The molecule has 0 spiro atoms. The zero-order valence-electron chi connectivity index (χ0n) is 9.99. The number of aliphatic hydroxyl groups is 1. The van der Waals surface area contributed by atoms with Gasteiger partial charge in [-0.15, -0.1) is 0 Å². The van der Waals surface area contributed by atoms with Gasteiger partial charge in [-0.3, -0.25) is 0 Å². The lowest BCUT2D eigenvalue weighted by Gasteiger charge is -2.12. The van der Waals surface area contributed by atoms with Crippen molar-refractivity contribution in [1.29, 1.82) is 0 Å². The van der Waals surface area contributed by atoms with Crippen molar-refractivity contribution in [1.82, 2.24) is 4.72 Å². The lowest BCUT2D eigenvalue weighted by molar-refractivity contribution is 0.198. The third-order valence-electron chi connectivity index (χ3n) is 2.31. The van der Waals surface area contributed by atoms with Crippen LogP contribution in [0.2, 0.25) is 0 Å². The molecular weight excluding hydrogens is 306 g/mol. The Morgan fingerprint density at radius 2 is 1.94 bits per heavy atom. The quantitative estimate of drug-likeness (QED) is 0.887. The lowest BCUT2D eigenvalue weighted by Crippen LogP contribution is -2.31. The Bertz CT molecular complexity index is 512. The van der Waals surface area contributed by atoms with E-state index in [4.69, 9.17) is 5.11 Å². The number of hydrogen-bond donors (Lipinski definition) is 2. The van der Waals surface area contributed by atoms with E-state index in [0.717, 1.165) is 10.0 Å². The van der Waals surface area contributed by atoms with Crippen molar-refractivity contribution >= 4 is 26.0 Å². The van der Waals surface area contributed by atoms with Gasteiger partial charge >= 0.3 is 0 Å². The van der Waals surface area contributed by atoms with Crippen LogP contribution in [-0.2, 0) is 10.0 Å². The summed E-state index contributed by atoms with van der Waals surface area (Å²) in [5.41, 5.74) is 1.52. The summed E-state index contributed by atoms with van der Waals surface area (Å²) in [5, 5.41) is 9.10. The molecule has 0 aliphatic rings. The predicted octanol–water partition coefficient (Wildman–Crippen LogP) is 1.73. The van der Waals surface area contributed by atoms with Crippen molar-refractivity contribution in [2.75, 3.05) is 6.54 Å². The number of aliphatic hydroxyl groups excluding tert-OH is 1. The highest BCUT2D eigenvalue weighted by Crippen LogP contribution is 2.24. The predicted molar refractivity (Wildman–Crippen MR) is 70.5 cm³/mol. The fraction of sp³-hybridized carbons (Fsp3) is 0.455. The second-order valence-corrected chi connectivity index (χ2v) is 6.66. The van der Waals surface area contributed by atoms with E-state index in [1.54, 1.807) is 19.1 Å². The molecule has 96 valence electrons. The average Bonchev–Trinajstić information content (AvgIpc) is 2.20. The molecule has 0 saturated carbocycles. The van der Waals surface area contributed by atoms with Crippen molar-refractivity contribution in [3.8, 4) is 0 Å². The summed E-state index contributed by atoms with van der Waals surface area (Å²) < 4.78 is 27.2. The Morgan fingerprint density at radius 1 is 1.35 bits per heavy atom. The van der Waals surface area contributed by atoms with E-state index >= 15 is 0 Å². The summed E-state index contributed by atoms with van der Waals surface area (Å²) in [4.78, 5) is 0.249. The Balaban J connectivity index is 3.11. The molecule has 6 heteroatoms. The minimum absolute atomic E-state index is 0.0108. The Morgan fingerprint density at radius 3 is 2.47 bits per heavy atom. The van der Waals surface area contributed by atoms with Crippen LogP contribution in [0.1, 0.15) is 18.1 Å². The van der Waals surface area contributed by atoms with Gasteiger partial charge in [0.15, 0.2) is 0 Å². The number of nitrogens with one attached hydrogen (secondary N) is 1. The maximum Gasteiger partial charge on any atom is 0.240 e. The number of benzene rings is 1. The van der Waals surface area contributed by atoms with Crippen LogP contribution in [0.25, 0.3) is 0 Å². The molecule has 1 rings (SSSR count). The number of aryl methyl sites for hydroxylation is 2. The van der Waals surface area contributed by atoms with Crippen LogP contribution in [0.15, 0.2) is 21.5 Å². The number of halogens is 1. The summed E-state index contributed by atoms with van der Waals surface area (Å²) in [6.45, 7) is 5.11. The largest absolute Gasteiger partial charge is 0.392 e. The number of sulfonamides is 1. The van der Waals surface area contributed by atoms with Gasteiger partial charge in [0.05, 0.1) is 11.0 Å². The number of rotatable bonds is 4. The molecule has 0 saturated heterocycles. The molecule has 0 fully saturated rings. The Labute approximate surface area is 110 Å². The van der Waals surface area contributed by atoms with Gasteiger partial charge < -0.3 is 5.11 Å². The smallest absolute Gasteiger partial charge is 0.240 e. The van der Waals surface area contributed by atoms with Gasteiger partial charge in [0.25, 0.3) is 0 Å². The molecule has 17 heavy (non-hydrogen) atoms. The van der Waals surface area contributed by atoms with E-state index in [9.17, 15) is 8.42 Å². The zero-order chi connectivity index (χ0) is 13.2. The van der Waals surface area contributed by atoms with E-state index in [-0.39, 0.29) is 11.4 Å². The van der Waals surface area contributed by atoms with Crippen molar-refractivity contribution in [2.45, 2.75) is 31.8 Å². The molecule has 0 amide bonds. The molecule has 0 aliphatic heterocycles. The van der Waals surface area contributed by atoms with Gasteiger partial charge in [0.2, 0.25) is 10.0 Å². The fourth-order valence-electron chi connectivity index (χ4n) is 1.35. The summed E-state index contributed by atoms with van der Waals surface area (Å²) in [6.07, 6.45) is -0.707. The molecule has 1 atom stereocenters. The molecule has 0 aliphatic carbocycles. The van der Waals surface area contributed by atoms with Crippen LogP contribution in [0.5, 0.6) is 0 Å². The van der Waals surface area contributed by atoms with E-state index in [1.807, 2.05) is 6.92 Å². The first-order valence-corrected chi connectivity index (χ1v) is 7.46. The molecule has 0 heterocycles. The van der Waals surface area contributed by atoms with Crippen molar-refractivity contribution in [3.63, 3.8) is 0 Å². The highest BCUT2D eigenvalue weighted by molar-refractivity contribution is 9.10. The summed E-state index contributed by atoms with van der Waals surface area (Å²) in [5.74, 6) is 0. The molecule has 4 nitrogen and oxygen atoms in total. The van der Waals surface area contributed by atoms with E-state index in [2.05, 4.69) is 20.7 Å². The second-order valence-electron chi connectivity index (χ2n) is 4.07. The lowest BCUT2D eigenvalue weighted by atomic mass is 10.2. The summed E-state index contributed by atoms with van der Waals surface area (Å²) in [6, 6.07) is 3.38. The molecule has 1 aromatic rings. The monoisotopic (exact) mass is 321 g/mol. The zero-order valence-corrected chi connectivity index (χ0v) is 12.4. The first-order chi connectivity index (χ1) is 7.74. The van der Waals surface area contributed by atoms with Crippen LogP contribution < -0.4 is 4.72 Å². The van der Waals surface area contributed by atoms with Crippen molar-refractivity contribution < 1.29 is 13.5 Å². The second kappa shape index (κ2) is 5.48. The van der Waals surface area contributed by atoms with E-state index < -0.39 is 16.1 Å². The third-order valence-corrected chi connectivity index (χ3v) is 4.73. The van der Waals surface area contributed by atoms with Gasteiger partial charge in [0.1, 0.15) is 0 Å². The molecule has 0 bridgehead atoms. The third kappa shape index (κ3) is 3.77. The molecule has 1 aromatic carbocycles. The van der Waals surface area contributed by atoms with E-state index in [0.29, 0.717) is 5.56 Å². The van der Waals surface area contributed by atoms with Crippen LogP contribution in [-0.4, -0.2) is 26.2 Å². The van der Waals surface area contributed by atoms with Crippen LogP contribution in [0.3, 0.4) is 0 Å². The Hall–Kier alpha value is -0.430. The fourth-order valence-corrected chi connectivity index (χ4v) is 3.24. The Kier molecular flexibility index (Phi) is 4.71. The van der Waals surface area contributed by atoms with Crippen molar-refractivity contribution in [2.24, 2.45) is 0 Å². The topological polar surface area (TPSA) is 66.4 Å². The molecular formula is C11H16BrNO3S. The summed E-state index contributed by atoms with van der Waals surface area (Å²) in [7, 11) is -3.56. The minimum Gasteiger partial charge on any atom is -0.392 e. The highest BCUT2D eigenvalue weighted by Gasteiger charge is 2.18. The van der Waals surface area contributed by atoms with Gasteiger partial charge in [-0.1, -0.05) is 15.9 Å². The maximum absolute atomic E-state index is 12.0. The highest BCUT2D eigenvalue weighted by atomic mass is 79.9. The van der Waals surface area contributed by atoms with Gasteiger partial charge in [-0.25, -0.2) is 13.1 Å². The van der Waals surface area contributed by atoms with Gasteiger partial charge in [-0.2, -0.15) is 0 Å². The maximum atomic E-state index is 12.0. The standard InChI is InChI=1S/C11H16BrNO3S/c1-7-5-11(8(2)4-10(7)12)17(15,16)13-6-9(3)14/h4-5,9,13-14H,6H2,1-3H3/t9-/m1/s1. The van der Waals surface area contributed by atoms with Crippen LogP contribution in [0, 0.1) is 13.8 Å². The van der Waals surface area contributed by atoms with Gasteiger partial charge in [-0.05, 0) is 44.0 Å².